The molecule has 0 radical (unpaired) electrons. The largest absolute Gasteiger partial charge is 0.317 e. The summed E-state index contributed by atoms with van der Waals surface area (Å²) < 4.78 is 0. The van der Waals surface area contributed by atoms with Gasteiger partial charge in [-0.25, -0.2) is 0 Å². The van der Waals surface area contributed by atoms with Gasteiger partial charge in [0, 0.05) is 11.9 Å². The molecule has 2 rings (SSSR count). The van der Waals surface area contributed by atoms with Gasteiger partial charge in [0.1, 0.15) is 0 Å². The Morgan fingerprint density at radius 1 is 1.38 bits per heavy atom. The summed E-state index contributed by atoms with van der Waals surface area (Å²) in [6, 6.07) is 4.27. The molecule has 0 aromatic carbocycles. The van der Waals surface area contributed by atoms with E-state index in [1.165, 1.54) is 24.1 Å². The van der Waals surface area contributed by atoms with Crippen molar-refractivity contribution >= 4 is 0 Å². The first-order valence-corrected chi connectivity index (χ1v) is 5.00. The number of aryl methyl sites for hydroxylation is 1. The molecule has 1 aliphatic heterocycles. The van der Waals surface area contributed by atoms with E-state index < -0.39 is 0 Å². The topological polar surface area (TPSA) is 24.9 Å². The van der Waals surface area contributed by atoms with Gasteiger partial charge in [-0.3, -0.25) is 4.98 Å². The van der Waals surface area contributed by atoms with Gasteiger partial charge in [0.2, 0.25) is 0 Å². The van der Waals surface area contributed by atoms with Crippen LogP contribution in [0.2, 0.25) is 0 Å². The zero-order chi connectivity index (χ0) is 9.10. The second-order valence-corrected chi connectivity index (χ2v) is 3.70. The molecule has 0 aliphatic carbocycles. The summed E-state index contributed by atoms with van der Waals surface area (Å²) in [5, 5.41) is 3.38. The van der Waals surface area contributed by atoms with Gasteiger partial charge in [-0.1, -0.05) is 6.07 Å². The Morgan fingerprint density at radius 2 is 2.15 bits per heavy atom. The van der Waals surface area contributed by atoms with Crippen LogP contribution < -0.4 is 5.32 Å². The van der Waals surface area contributed by atoms with E-state index >= 15 is 0 Å². The van der Waals surface area contributed by atoms with Crippen molar-refractivity contribution in [1.29, 1.82) is 0 Å². The molecular weight excluding hydrogens is 160 g/mol. The normalized spacial score (nSPS) is 18.8. The van der Waals surface area contributed by atoms with Crippen LogP contribution in [0.15, 0.2) is 18.3 Å². The number of piperidine rings is 1. The highest BCUT2D eigenvalue weighted by molar-refractivity contribution is 5.23. The molecule has 1 aromatic rings. The van der Waals surface area contributed by atoms with Gasteiger partial charge in [0.25, 0.3) is 0 Å². The highest BCUT2D eigenvalue weighted by Gasteiger charge is 2.16. The van der Waals surface area contributed by atoms with Gasteiger partial charge in [-0.05, 0) is 50.4 Å². The Hall–Kier alpha value is -0.890. The molecule has 1 fully saturated rings. The van der Waals surface area contributed by atoms with Gasteiger partial charge in [0.05, 0.1) is 0 Å². The van der Waals surface area contributed by atoms with Crippen molar-refractivity contribution in [2.24, 2.45) is 0 Å². The summed E-state index contributed by atoms with van der Waals surface area (Å²) in [4.78, 5) is 4.33. The Labute approximate surface area is 79.4 Å². The first kappa shape index (κ1) is 8.70. The Balaban J connectivity index is 2.18. The van der Waals surface area contributed by atoms with Crippen LogP contribution in [0.1, 0.15) is 30.0 Å². The van der Waals surface area contributed by atoms with Crippen LogP contribution in [-0.4, -0.2) is 18.1 Å². The summed E-state index contributed by atoms with van der Waals surface area (Å²) >= 11 is 0. The average Bonchev–Trinajstić information content (AvgIpc) is 2.20. The van der Waals surface area contributed by atoms with Crippen LogP contribution in [0.4, 0.5) is 0 Å². The van der Waals surface area contributed by atoms with Crippen molar-refractivity contribution in [3.63, 3.8) is 0 Å². The van der Waals surface area contributed by atoms with Crippen LogP contribution in [0.25, 0.3) is 0 Å². The molecule has 0 bridgehead atoms. The lowest BCUT2D eigenvalue weighted by molar-refractivity contribution is 0.458. The van der Waals surface area contributed by atoms with Crippen LogP contribution in [0, 0.1) is 6.92 Å². The van der Waals surface area contributed by atoms with E-state index in [-0.39, 0.29) is 0 Å². The highest BCUT2D eigenvalue weighted by atomic mass is 14.9. The molecule has 0 spiro atoms. The number of pyridine rings is 1. The number of rotatable bonds is 1. The van der Waals surface area contributed by atoms with Crippen LogP contribution >= 0.6 is 0 Å². The summed E-state index contributed by atoms with van der Waals surface area (Å²) in [6.45, 7) is 4.41. The number of hydrogen-bond acceptors (Lipinski definition) is 2. The Kier molecular flexibility index (Phi) is 2.60. The predicted molar refractivity (Wildman–Crippen MR) is 53.8 cm³/mol. The van der Waals surface area contributed by atoms with Crippen molar-refractivity contribution in [1.82, 2.24) is 10.3 Å². The summed E-state index contributed by atoms with van der Waals surface area (Å²) in [6.07, 6.45) is 4.39. The van der Waals surface area contributed by atoms with E-state index in [2.05, 4.69) is 23.3 Å². The van der Waals surface area contributed by atoms with Gasteiger partial charge in [0.15, 0.2) is 0 Å². The molecule has 0 unspecified atom stereocenters. The van der Waals surface area contributed by atoms with Crippen molar-refractivity contribution in [2.45, 2.75) is 25.7 Å². The molecule has 1 saturated heterocycles. The third kappa shape index (κ3) is 1.89. The fourth-order valence-electron chi connectivity index (χ4n) is 2.06. The van der Waals surface area contributed by atoms with Gasteiger partial charge >= 0.3 is 0 Å². The molecule has 70 valence electrons. The summed E-state index contributed by atoms with van der Waals surface area (Å²) in [7, 11) is 0. The molecule has 13 heavy (non-hydrogen) atoms. The van der Waals surface area contributed by atoms with Crippen molar-refractivity contribution < 1.29 is 0 Å². The third-order valence-electron chi connectivity index (χ3n) is 2.83. The maximum Gasteiger partial charge on any atom is 0.0407 e. The minimum Gasteiger partial charge on any atom is -0.317 e. The predicted octanol–water partition coefficient (Wildman–Crippen LogP) is 1.86. The lowest BCUT2D eigenvalue weighted by atomic mass is 9.89. The quantitative estimate of drug-likeness (QED) is 0.706. The standard InChI is InChI=1S/C11H16N2/c1-9-11(3-2-6-13-9)10-4-7-12-8-5-10/h2-3,6,10,12H,4-5,7-8H2,1H3. The SMILES string of the molecule is Cc1ncccc1C1CCNCC1. The van der Waals surface area contributed by atoms with E-state index in [4.69, 9.17) is 0 Å². The van der Waals surface area contributed by atoms with Gasteiger partial charge in [-0.15, -0.1) is 0 Å². The minimum atomic E-state index is 0.731. The molecule has 2 heteroatoms. The maximum atomic E-state index is 4.33. The molecule has 2 nitrogen and oxygen atoms in total. The average molecular weight is 176 g/mol. The van der Waals surface area contributed by atoms with Crippen molar-refractivity contribution in [3.05, 3.63) is 29.6 Å². The molecule has 1 N–H and O–H groups in total. The van der Waals surface area contributed by atoms with Gasteiger partial charge < -0.3 is 5.32 Å². The minimum absolute atomic E-state index is 0.731. The zero-order valence-electron chi connectivity index (χ0n) is 8.09. The van der Waals surface area contributed by atoms with E-state index in [1.54, 1.807) is 0 Å². The van der Waals surface area contributed by atoms with E-state index in [9.17, 15) is 0 Å². The van der Waals surface area contributed by atoms with Crippen molar-refractivity contribution in [2.75, 3.05) is 13.1 Å². The smallest absolute Gasteiger partial charge is 0.0407 e. The Bertz CT molecular complexity index is 277. The highest BCUT2D eigenvalue weighted by Crippen LogP contribution is 2.26. The van der Waals surface area contributed by atoms with Crippen LogP contribution in [-0.2, 0) is 0 Å². The molecule has 1 aromatic heterocycles. The first-order chi connectivity index (χ1) is 6.38. The fourth-order valence-corrected chi connectivity index (χ4v) is 2.06. The van der Waals surface area contributed by atoms with E-state index in [0.29, 0.717) is 0 Å². The molecular formula is C11H16N2. The molecule has 1 aliphatic rings. The molecule has 0 saturated carbocycles. The lowest BCUT2D eigenvalue weighted by Crippen LogP contribution is -2.27. The van der Waals surface area contributed by atoms with Gasteiger partial charge in [-0.2, -0.15) is 0 Å². The summed E-state index contributed by atoms with van der Waals surface area (Å²) in [5.74, 6) is 0.731. The molecule has 0 atom stereocenters. The molecule has 2 heterocycles. The second-order valence-electron chi connectivity index (χ2n) is 3.70. The lowest BCUT2D eigenvalue weighted by Gasteiger charge is -2.23. The number of aromatic nitrogens is 1. The second kappa shape index (κ2) is 3.88. The number of hydrogen-bond donors (Lipinski definition) is 1. The number of nitrogens with zero attached hydrogens (tertiary/aromatic N) is 1. The van der Waals surface area contributed by atoms with Crippen LogP contribution in [0.5, 0.6) is 0 Å². The first-order valence-electron chi connectivity index (χ1n) is 5.00. The number of nitrogens with one attached hydrogen (secondary N) is 1. The van der Waals surface area contributed by atoms with E-state index in [0.717, 1.165) is 19.0 Å². The zero-order valence-corrected chi connectivity index (χ0v) is 8.09. The fraction of sp³-hybridized carbons (Fsp3) is 0.545. The Morgan fingerprint density at radius 3 is 2.85 bits per heavy atom. The van der Waals surface area contributed by atoms with Crippen molar-refractivity contribution in [3.8, 4) is 0 Å². The maximum absolute atomic E-state index is 4.33. The third-order valence-corrected chi connectivity index (χ3v) is 2.83. The summed E-state index contributed by atoms with van der Waals surface area (Å²) in [5.41, 5.74) is 2.65. The van der Waals surface area contributed by atoms with Crippen LogP contribution in [0.3, 0.4) is 0 Å². The van der Waals surface area contributed by atoms with E-state index in [1.807, 2.05) is 12.3 Å². The monoisotopic (exact) mass is 176 g/mol. The molecule has 0 amide bonds.